The number of nitrogens with zero attached hydrogens (tertiary/aromatic N) is 1. The van der Waals surface area contributed by atoms with Gasteiger partial charge in [-0.3, -0.25) is 4.79 Å². The molecule has 1 unspecified atom stereocenters. The van der Waals surface area contributed by atoms with Crippen molar-refractivity contribution < 1.29 is 14.3 Å². The summed E-state index contributed by atoms with van der Waals surface area (Å²) in [7, 11) is 0. The minimum Gasteiger partial charge on any atom is -0.494 e. The standard InChI is InChI=1S/C24H40N2O3/c1-4-6-16-24(3,29-5-2)23(27)25-21-12-14-22(15-13-21)28-20-11-19-26-17-9-7-8-10-18-26/h12-15H,4-11,16-20H2,1-3H3,(H,25,27). The Kier molecular flexibility index (Phi) is 10.5. The number of rotatable bonds is 12. The number of hydrogen-bond acceptors (Lipinski definition) is 4. The lowest BCUT2D eigenvalue weighted by Crippen LogP contribution is -2.42. The molecule has 0 aliphatic carbocycles. The van der Waals surface area contributed by atoms with Crippen molar-refractivity contribution in [1.29, 1.82) is 0 Å². The van der Waals surface area contributed by atoms with Gasteiger partial charge in [-0.1, -0.05) is 32.6 Å². The minimum absolute atomic E-state index is 0.0843. The normalized spacial score (nSPS) is 17.3. The maximum absolute atomic E-state index is 12.7. The molecule has 1 aromatic rings. The maximum Gasteiger partial charge on any atom is 0.256 e. The fourth-order valence-corrected chi connectivity index (χ4v) is 3.82. The predicted molar refractivity (Wildman–Crippen MR) is 120 cm³/mol. The number of benzene rings is 1. The summed E-state index contributed by atoms with van der Waals surface area (Å²) in [5.41, 5.74) is -0.0119. The van der Waals surface area contributed by atoms with Gasteiger partial charge in [0.15, 0.2) is 0 Å². The second-order valence-electron chi connectivity index (χ2n) is 8.20. The molecule has 1 saturated heterocycles. The Hall–Kier alpha value is -1.59. The van der Waals surface area contributed by atoms with E-state index in [1.54, 1.807) is 0 Å². The van der Waals surface area contributed by atoms with Crippen LogP contribution < -0.4 is 10.1 Å². The van der Waals surface area contributed by atoms with Gasteiger partial charge in [-0.15, -0.1) is 0 Å². The number of likely N-dealkylation sites (tertiary alicyclic amines) is 1. The van der Waals surface area contributed by atoms with Gasteiger partial charge in [0.2, 0.25) is 0 Å². The van der Waals surface area contributed by atoms with Gasteiger partial charge in [-0.05, 0) is 76.9 Å². The Morgan fingerprint density at radius 1 is 1.07 bits per heavy atom. The first-order valence-electron chi connectivity index (χ1n) is 11.5. The number of anilines is 1. The molecule has 0 saturated carbocycles. The lowest BCUT2D eigenvalue weighted by Gasteiger charge is -2.28. The van der Waals surface area contributed by atoms with Crippen molar-refractivity contribution >= 4 is 11.6 Å². The van der Waals surface area contributed by atoms with Crippen LogP contribution in [0.1, 0.15) is 72.1 Å². The van der Waals surface area contributed by atoms with Crippen LogP contribution in [0.3, 0.4) is 0 Å². The molecule has 29 heavy (non-hydrogen) atoms. The average Bonchev–Trinajstić information content (AvgIpc) is 3.00. The van der Waals surface area contributed by atoms with E-state index < -0.39 is 5.60 Å². The van der Waals surface area contributed by atoms with Crippen LogP contribution in [0, 0.1) is 0 Å². The number of hydrogen-bond donors (Lipinski definition) is 1. The molecule has 1 aliphatic heterocycles. The first-order chi connectivity index (χ1) is 14.1. The Morgan fingerprint density at radius 3 is 2.38 bits per heavy atom. The number of carbonyl (C=O) groups excluding carboxylic acids is 1. The van der Waals surface area contributed by atoms with Gasteiger partial charge in [0.25, 0.3) is 5.91 Å². The van der Waals surface area contributed by atoms with Crippen molar-refractivity contribution in [3.8, 4) is 5.75 Å². The summed E-state index contributed by atoms with van der Waals surface area (Å²) >= 11 is 0. The Morgan fingerprint density at radius 2 is 1.76 bits per heavy atom. The summed E-state index contributed by atoms with van der Waals surface area (Å²) in [5, 5.41) is 2.99. The van der Waals surface area contributed by atoms with E-state index in [2.05, 4.69) is 17.1 Å². The van der Waals surface area contributed by atoms with E-state index in [9.17, 15) is 4.79 Å². The topological polar surface area (TPSA) is 50.8 Å². The highest BCUT2D eigenvalue weighted by Crippen LogP contribution is 2.23. The van der Waals surface area contributed by atoms with Crippen molar-refractivity contribution in [3.05, 3.63) is 24.3 Å². The van der Waals surface area contributed by atoms with Crippen LogP contribution in [0.4, 0.5) is 5.69 Å². The number of nitrogens with one attached hydrogen (secondary N) is 1. The van der Waals surface area contributed by atoms with Gasteiger partial charge in [0.1, 0.15) is 11.4 Å². The Labute approximate surface area is 177 Å². The lowest BCUT2D eigenvalue weighted by atomic mass is 9.97. The fraction of sp³-hybridized carbons (Fsp3) is 0.708. The number of amides is 1. The quantitative estimate of drug-likeness (QED) is 0.483. The summed E-state index contributed by atoms with van der Waals surface area (Å²) in [5.74, 6) is 0.760. The van der Waals surface area contributed by atoms with E-state index >= 15 is 0 Å². The molecule has 1 fully saturated rings. The summed E-state index contributed by atoms with van der Waals surface area (Å²) < 4.78 is 11.7. The van der Waals surface area contributed by atoms with Gasteiger partial charge in [-0.25, -0.2) is 0 Å². The highest BCUT2D eigenvalue weighted by atomic mass is 16.5. The zero-order valence-corrected chi connectivity index (χ0v) is 18.7. The van der Waals surface area contributed by atoms with Crippen LogP contribution in [0.2, 0.25) is 0 Å². The van der Waals surface area contributed by atoms with Crippen LogP contribution in [-0.2, 0) is 9.53 Å². The van der Waals surface area contributed by atoms with Gasteiger partial charge < -0.3 is 19.7 Å². The molecular formula is C24H40N2O3. The molecule has 1 amide bonds. The third-order valence-electron chi connectivity index (χ3n) is 5.65. The number of carbonyl (C=O) groups is 1. The third kappa shape index (κ3) is 8.35. The van der Waals surface area contributed by atoms with Crippen molar-refractivity contribution in [3.63, 3.8) is 0 Å². The zero-order chi connectivity index (χ0) is 21.0. The summed E-state index contributed by atoms with van der Waals surface area (Å²) in [6, 6.07) is 7.64. The minimum atomic E-state index is -0.784. The smallest absolute Gasteiger partial charge is 0.256 e. The van der Waals surface area contributed by atoms with E-state index in [-0.39, 0.29) is 5.91 Å². The highest BCUT2D eigenvalue weighted by Gasteiger charge is 2.33. The SMILES string of the molecule is CCCCC(C)(OCC)C(=O)Nc1ccc(OCCCN2CCCCCC2)cc1. The van der Waals surface area contributed by atoms with Crippen LogP contribution >= 0.6 is 0 Å². The van der Waals surface area contributed by atoms with Crippen molar-refractivity contribution in [2.24, 2.45) is 0 Å². The van der Waals surface area contributed by atoms with Crippen LogP contribution in [0.5, 0.6) is 5.75 Å². The Balaban J connectivity index is 1.76. The van der Waals surface area contributed by atoms with Crippen LogP contribution in [0.15, 0.2) is 24.3 Å². The van der Waals surface area contributed by atoms with E-state index in [0.717, 1.165) is 50.3 Å². The molecular weight excluding hydrogens is 364 g/mol. The monoisotopic (exact) mass is 404 g/mol. The van der Waals surface area contributed by atoms with Gasteiger partial charge in [-0.2, -0.15) is 0 Å². The molecule has 2 rings (SSSR count). The Bertz CT molecular complexity index is 582. The van der Waals surface area contributed by atoms with Crippen LogP contribution in [-0.4, -0.2) is 49.3 Å². The summed E-state index contributed by atoms with van der Waals surface area (Å²) in [6.07, 6.45) is 9.18. The maximum atomic E-state index is 12.7. The largest absolute Gasteiger partial charge is 0.494 e. The molecule has 1 aromatic carbocycles. The van der Waals surface area contributed by atoms with E-state index in [1.165, 1.54) is 38.8 Å². The van der Waals surface area contributed by atoms with Crippen LogP contribution in [0.25, 0.3) is 0 Å². The molecule has 1 heterocycles. The predicted octanol–water partition coefficient (Wildman–Crippen LogP) is 5.26. The highest BCUT2D eigenvalue weighted by molar-refractivity contribution is 5.97. The molecule has 1 aliphatic rings. The zero-order valence-electron chi connectivity index (χ0n) is 18.7. The molecule has 0 bridgehead atoms. The second-order valence-corrected chi connectivity index (χ2v) is 8.20. The molecule has 1 atom stereocenters. The van der Waals surface area contributed by atoms with Crippen molar-refractivity contribution in [1.82, 2.24) is 4.90 Å². The van der Waals surface area contributed by atoms with Crippen molar-refractivity contribution in [2.45, 2.75) is 77.7 Å². The third-order valence-corrected chi connectivity index (χ3v) is 5.65. The molecule has 0 aromatic heterocycles. The molecule has 0 radical (unpaired) electrons. The average molecular weight is 405 g/mol. The number of ether oxygens (including phenoxy) is 2. The van der Waals surface area contributed by atoms with E-state index in [1.807, 2.05) is 38.1 Å². The summed E-state index contributed by atoms with van der Waals surface area (Å²) in [4.78, 5) is 15.3. The first kappa shape index (κ1) is 23.7. The fourth-order valence-electron chi connectivity index (χ4n) is 3.82. The molecule has 1 N–H and O–H groups in total. The first-order valence-corrected chi connectivity index (χ1v) is 11.5. The molecule has 164 valence electrons. The van der Waals surface area contributed by atoms with Gasteiger partial charge in [0, 0.05) is 18.8 Å². The van der Waals surface area contributed by atoms with E-state index in [4.69, 9.17) is 9.47 Å². The molecule has 5 nitrogen and oxygen atoms in total. The van der Waals surface area contributed by atoms with Crippen molar-refractivity contribution in [2.75, 3.05) is 38.2 Å². The summed E-state index contributed by atoms with van der Waals surface area (Å²) in [6.45, 7) is 10.7. The lowest BCUT2D eigenvalue weighted by molar-refractivity contribution is -0.139. The van der Waals surface area contributed by atoms with E-state index in [0.29, 0.717) is 6.61 Å². The number of unbranched alkanes of at least 4 members (excludes halogenated alkanes) is 1. The van der Waals surface area contributed by atoms with Gasteiger partial charge in [0.05, 0.1) is 6.61 Å². The second kappa shape index (κ2) is 12.9. The molecule has 5 heteroatoms. The van der Waals surface area contributed by atoms with Gasteiger partial charge >= 0.3 is 0 Å². The molecule has 0 spiro atoms.